The number of nitrogens with zero attached hydrogens (tertiary/aromatic N) is 4. The summed E-state index contributed by atoms with van der Waals surface area (Å²) in [5.41, 5.74) is 7.99. The number of nitrogens with two attached hydrogens (primary N) is 1. The fraction of sp³-hybridized carbons (Fsp3) is 0.348. The molecule has 0 spiro atoms. The maximum absolute atomic E-state index is 13.0. The van der Waals surface area contributed by atoms with Crippen molar-refractivity contribution in [1.29, 1.82) is 0 Å². The molecule has 1 amide bonds. The molecule has 0 bridgehead atoms. The van der Waals surface area contributed by atoms with Crippen LogP contribution in [0.2, 0.25) is 0 Å². The lowest BCUT2D eigenvalue weighted by Gasteiger charge is -2.35. The number of aromatic nitrogens is 2. The van der Waals surface area contributed by atoms with E-state index in [1.165, 1.54) is 0 Å². The number of carbonyl (C=O) groups excluding carboxylic acids is 1. The van der Waals surface area contributed by atoms with E-state index in [9.17, 15) is 4.79 Å². The number of halogens is 1. The first-order chi connectivity index (χ1) is 15.6. The molecule has 1 fully saturated rings. The third-order valence-corrected chi connectivity index (χ3v) is 6.02. The molecule has 34 heavy (non-hydrogen) atoms. The summed E-state index contributed by atoms with van der Waals surface area (Å²) in [6.07, 6.45) is 0.166. The van der Waals surface area contributed by atoms with Gasteiger partial charge in [-0.15, -0.1) is 12.4 Å². The van der Waals surface area contributed by atoms with Crippen molar-refractivity contribution in [3.63, 3.8) is 0 Å². The smallest absolute Gasteiger partial charge is 0.264 e. The number of hydrogen-bond donors (Lipinski definition) is 1. The van der Waals surface area contributed by atoms with Gasteiger partial charge in [0, 0.05) is 44.1 Å². The molecule has 182 valence electrons. The molecule has 1 unspecified atom stereocenters. The van der Waals surface area contributed by atoms with Crippen molar-refractivity contribution in [2.45, 2.75) is 12.5 Å². The van der Waals surface area contributed by atoms with Gasteiger partial charge in [-0.25, -0.2) is 4.98 Å². The minimum absolute atomic E-state index is 0. The fourth-order valence-corrected chi connectivity index (χ4v) is 4.26. The molecule has 0 radical (unpaired) electrons. The van der Waals surface area contributed by atoms with Crippen LogP contribution in [0, 0.1) is 0 Å². The van der Waals surface area contributed by atoms with Crippen LogP contribution in [0.1, 0.15) is 5.56 Å². The van der Waals surface area contributed by atoms with E-state index in [0.717, 1.165) is 11.3 Å². The highest BCUT2D eigenvalue weighted by atomic mass is 35.5. The normalized spacial score (nSPS) is 16.7. The standard InChI is InChI=1S/C23H25N5O4.ClH.H2O/c1-30-18-12-15-16(13-19(18)31-2)25-23(26-21(15)24)28-9-7-27(8-10-28)22(29)20-11-14-5-3-4-6-17(14)32-20;;/h3-6,12-13,20H,7-11H2,1-2H3,(H2,24,25,26);1H;1H2. The summed E-state index contributed by atoms with van der Waals surface area (Å²) in [5, 5.41) is 0.707. The molecule has 0 saturated carbocycles. The van der Waals surface area contributed by atoms with E-state index < -0.39 is 6.10 Å². The van der Waals surface area contributed by atoms with Crippen molar-refractivity contribution in [1.82, 2.24) is 14.9 Å². The molecule has 1 atom stereocenters. The zero-order chi connectivity index (χ0) is 22.2. The largest absolute Gasteiger partial charge is 0.493 e. The van der Waals surface area contributed by atoms with Crippen LogP contribution in [-0.4, -0.2) is 72.8 Å². The third-order valence-electron chi connectivity index (χ3n) is 6.02. The van der Waals surface area contributed by atoms with Crippen LogP contribution < -0.4 is 24.8 Å². The van der Waals surface area contributed by atoms with Gasteiger partial charge in [0.15, 0.2) is 17.6 Å². The van der Waals surface area contributed by atoms with E-state index in [-0.39, 0.29) is 23.8 Å². The lowest BCUT2D eigenvalue weighted by atomic mass is 10.1. The topological polar surface area (TPSA) is 135 Å². The molecule has 10 nitrogen and oxygen atoms in total. The number of amides is 1. The maximum Gasteiger partial charge on any atom is 0.264 e. The summed E-state index contributed by atoms with van der Waals surface area (Å²) in [7, 11) is 3.16. The molecule has 4 N–H and O–H groups in total. The first kappa shape index (κ1) is 25.1. The van der Waals surface area contributed by atoms with Gasteiger partial charge in [0.25, 0.3) is 5.91 Å². The molecule has 3 heterocycles. The van der Waals surface area contributed by atoms with Crippen LogP contribution in [0.25, 0.3) is 10.9 Å². The number of hydrogen-bond acceptors (Lipinski definition) is 8. The van der Waals surface area contributed by atoms with Crippen molar-refractivity contribution in [3.8, 4) is 17.2 Å². The quantitative estimate of drug-likeness (QED) is 0.582. The summed E-state index contributed by atoms with van der Waals surface area (Å²) in [4.78, 5) is 26.1. The van der Waals surface area contributed by atoms with Gasteiger partial charge in [0.1, 0.15) is 11.6 Å². The minimum Gasteiger partial charge on any atom is -0.493 e. The van der Waals surface area contributed by atoms with E-state index in [1.807, 2.05) is 34.1 Å². The lowest BCUT2D eigenvalue weighted by molar-refractivity contribution is -0.138. The molecule has 2 aliphatic heterocycles. The highest BCUT2D eigenvalue weighted by molar-refractivity contribution is 5.91. The fourth-order valence-electron chi connectivity index (χ4n) is 4.26. The molecule has 3 aromatic rings. The van der Waals surface area contributed by atoms with Gasteiger partial charge < -0.3 is 35.2 Å². The van der Waals surface area contributed by atoms with Crippen LogP contribution in [0.3, 0.4) is 0 Å². The number of ether oxygens (including phenoxy) is 3. The van der Waals surface area contributed by atoms with Crippen LogP contribution in [-0.2, 0) is 11.2 Å². The Morgan fingerprint density at radius 1 is 1.06 bits per heavy atom. The molecule has 1 saturated heterocycles. The Hall–Kier alpha value is -3.50. The van der Waals surface area contributed by atoms with Gasteiger partial charge >= 0.3 is 0 Å². The SMILES string of the molecule is COc1cc2nc(N3CCN(C(=O)C4Cc5ccccc5O4)CC3)nc(N)c2cc1OC.Cl.O. The average Bonchev–Trinajstić information content (AvgIpc) is 3.27. The summed E-state index contributed by atoms with van der Waals surface area (Å²) in [6.45, 7) is 2.37. The number of carbonyl (C=O) groups is 1. The molecule has 2 aromatic carbocycles. The van der Waals surface area contributed by atoms with E-state index >= 15 is 0 Å². The summed E-state index contributed by atoms with van der Waals surface area (Å²) < 4.78 is 16.6. The molecule has 0 aliphatic carbocycles. The van der Waals surface area contributed by atoms with Gasteiger partial charge in [-0.2, -0.15) is 4.98 Å². The number of fused-ring (bicyclic) bond motifs is 2. The third kappa shape index (κ3) is 4.46. The number of nitrogen functional groups attached to an aromatic ring is 1. The zero-order valence-electron chi connectivity index (χ0n) is 19.0. The molecular weight excluding hydrogens is 462 g/mol. The molecule has 11 heteroatoms. The van der Waals surface area contributed by atoms with Crippen molar-refractivity contribution in [2.75, 3.05) is 51.0 Å². The van der Waals surface area contributed by atoms with E-state index in [2.05, 4.69) is 9.97 Å². The minimum atomic E-state index is -0.450. The van der Waals surface area contributed by atoms with Gasteiger partial charge in [0.05, 0.1) is 19.7 Å². The highest BCUT2D eigenvalue weighted by Crippen LogP contribution is 2.34. The van der Waals surface area contributed by atoms with E-state index in [1.54, 1.807) is 26.4 Å². The molecule has 1 aromatic heterocycles. The lowest BCUT2D eigenvalue weighted by Crippen LogP contribution is -2.52. The number of rotatable bonds is 4. The Bertz CT molecular complexity index is 1160. The van der Waals surface area contributed by atoms with E-state index in [4.69, 9.17) is 19.9 Å². The first-order valence-corrected chi connectivity index (χ1v) is 10.5. The summed E-state index contributed by atoms with van der Waals surface area (Å²) in [5.74, 6) is 2.90. The first-order valence-electron chi connectivity index (χ1n) is 10.5. The van der Waals surface area contributed by atoms with Gasteiger partial charge in [-0.05, 0) is 17.7 Å². The monoisotopic (exact) mass is 489 g/mol. The Labute approximate surface area is 203 Å². The molecule has 5 rings (SSSR count). The molecular formula is C23H28ClN5O5. The zero-order valence-corrected chi connectivity index (χ0v) is 19.8. The van der Waals surface area contributed by atoms with Gasteiger partial charge in [0.2, 0.25) is 5.95 Å². The second-order valence-corrected chi connectivity index (χ2v) is 7.86. The predicted molar refractivity (Wildman–Crippen MR) is 131 cm³/mol. The summed E-state index contributed by atoms with van der Waals surface area (Å²) in [6, 6.07) is 11.4. The van der Waals surface area contributed by atoms with Crippen LogP contribution in [0.4, 0.5) is 11.8 Å². The Kier molecular flexibility index (Phi) is 7.53. The Morgan fingerprint density at radius 3 is 2.41 bits per heavy atom. The number of benzene rings is 2. The van der Waals surface area contributed by atoms with Crippen molar-refractivity contribution < 1.29 is 24.5 Å². The average molecular weight is 490 g/mol. The Balaban J connectivity index is 0.00000162. The molecule has 2 aliphatic rings. The van der Waals surface area contributed by atoms with Gasteiger partial charge in [-0.1, -0.05) is 18.2 Å². The van der Waals surface area contributed by atoms with Crippen LogP contribution >= 0.6 is 12.4 Å². The Morgan fingerprint density at radius 2 is 1.74 bits per heavy atom. The van der Waals surface area contributed by atoms with E-state index in [0.29, 0.717) is 66.8 Å². The van der Waals surface area contributed by atoms with Gasteiger partial charge in [-0.3, -0.25) is 4.79 Å². The predicted octanol–water partition coefficient (Wildman–Crippen LogP) is 1.48. The number of para-hydroxylation sites is 1. The number of piperazine rings is 1. The number of anilines is 2. The van der Waals surface area contributed by atoms with Crippen molar-refractivity contribution in [2.24, 2.45) is 0 Å². The maximum atomic E-state index is 13.0. The highest BCUT2D eigenvalue weighted by Gasteiger charge is 2.34. The van der Waals surface area contributed by atoms with Crippen molar-refractivity contribution in [3.05, 3.63) is 42.0 Å². The van der Waals surface area contributed by atoms with Crippen LogP contribution in [0.5, 0.6) is 17.2 Å². The number of methoxy groups -OCH3 is 2. The second kappa shape index (κ2) is 10.2. The van der Waals surface area contributed by atoms with Crippen LogP contribution in [0.15, 0.2) is 36.4 Å². The van der Waals surface area contributed by atoms with Crippen molar-refractivity contribution >= 4 is 41.0 Å². The second-order valence-electron chi connectivity index (χ2n) is 7.86. The summed E-state index contributed by atoms with van der Waals surface area (Å²) >= 11 is 0.